The van der Waals surface area contributed by atoms with Crippen LogP contribution in [0.2, 0.25) is 5.02 Å². The second kappa shape index (κ2) is 13.6. The van der Waals surface area contributed by atoms with Crippen molar-refractivity contribution in [2.45, 2.75) is 38.5 Å². The van der Waals surface area contributed by atoms with Crippen molar-refractivity contribution in [2.75, 3.05) is 16.0 Å². The predicted molar refractivity (Wildman–Crippen MR) is 140 cm³/mol. The van der Waals surface area contributed by atoms with Gasteiger partial charge < -0.3 is 16.0 Å². The van der Waals surface area contributed by atoms with Crippen LogP contribution in [0.4, 0.5) is 28.8 Å². The molecular formula is C24H26BrClN6O3. The number of hydrogen-bond donors (Lipinski definition) is 5. The number of unbranched alkanes of at least 4 members (excludes halogenated alkanes) is 3. The van der Waals surface area contributed by atoms with Crippen LogP contribution in [0.5, 0.6) is 0 Å². The number of nitrogens with one attached hydrogen (secondary N) is 4. The summed E-state index contributed by atoms with van der Waals surface area (Å²) in [4.78, 5) is 31.8. The number of amides is 2. The number of hydroxylamine groups is 1. The number of halogens is 2. The van der Waals surface area contributed by atoms with Gasteiger partial charge in [-0.1, -0.05) is 36.6 Å². The largest absolute Gasteiger partial charge is 0.338 e. The second-order valence-corrected chi connectivity index (χ2v) is 8.96. The van der Waals surface area contributed by atoms with E-state index in [4.69, 9.17) is 16.8 Å². The van der Waals surface area contributed by atoms with Crippen molar-refractivity contribution in [2.24, 2.45) is 0 Å². The predicted octanol–water partition coefficient (Wildman–Crippen LogP) is 6.16. The van der Waals surface area contributed by atoms with Gasteiger partial charge in [-0.25, -0.2) is 10.5 Å². The fourth-order valence-corrected chi connectivity index (χ4v) is 3.70. The van der Waals surface area contributed by atoms with Crippen LogP contribution in [0.3, 0.4) is 0 Å². The van der Waals surface area contributed by atoms with E-state index in [9.17, 15) is 9.59 Å². The zero-order valence-electron chi connectivity index (χ0n) is 18.9. The van der Waals surface area contributed by atoms with Crippen molar-refractivity contribution in [3.8, 4) is 0 Å². The van der Waals surface area contributed by atoms with E-state index in [1.807, 2.05) is 36.4 Å². The molecular weight excluding hydrogens is 536 g/mol. The van der Waals surface area contributed by atoms with Crippen LogP contribution in [-0.2, 0) is 9.59 Å². The van der Waals surface area contributed by atoms with Gasteiger partial charge in [0.25, 0.3) is 0 Å². The normalized spacial score (nSPS) is 10.5. The van der Waals surface area contributed by atoms with Gasteiger partial charge in [-0.3, -0.25) is 14.8 Å². The fourth-order valence-electron chi connectivity index (χ4n) is 3.18. The Kier molecular flexibility index (Phi) is 10.3. The molecule has 0 unspecified atom stereocenters. The van der Waals surface area contributed by atoms with Crippen LogP contribution >= 0.6 is 27.5 Å². The fraction of sp³-hybridized carbons (Fsp3) is 0.250. The second-order valence-electron chi connectivity index (χ2n) is 7.69. The first-order valence-electron chi connectivity index (χ1n) is 11.1. The molecule has 0 radical (unpaired) electrons. The summed E-state index contributed by atoms with van der Waals surface area (Å²) in [6.45, 7) is 0. The summed E-state index contributed by atoms with van der Waals surface area (Å²) in [7, 11) is 0. The molecule has 11 heteroatoms. The Bertz CT molecular complexity index is 1150. The van der Waals surface area contributed by atoms with Gasteiger partial charge in [0, 0.05) is 28.7 Å². The number of nitrogens with zero attached hydrogens (tertiary/aromatic N) is 2. The highest BCUT2D eigenvalue weighted by Crippen LogP contribution is 2.29. The van der Waals surface area contributed by atoms with Gasteiger partial charge >= 0.3 is 0 Å². The zero-order chi connectivity index (χ0) is 25.0. The van der Waals surface area contributed by atoms with Gasteiger partial charge in [0.1, 0.15) is 5.02 Å². The molecule has 184 valence electrons. The number of benzene rings is 2. The molecule has 2 aromatic carbocycles. The molecule has 0 aliphatic heterocycles. The third kappa shape index (κ3) is 8.82. The summed E-state index contributed by atoms with van der Waals surface area (Å²) in [5.41, 5.74) is 3.88. The molecule has 5 N–H and O–H groups in total. The number of anilines is 5. The van der Waals surface area contributed by atoms with Gasteiger partial charge in [0.05, 0.1) is 11.9 Å². The number of carbonyl (C=O) groups is 2. The molecule has 1 aromatic heterocycles. The highest BCUT2D eigenvalue weighted by Gasteiger charge is 2.09. The minimum atomic E-state index is -0.388. The summed E-state index contributed by atoms with van der Waals surface area (Å²) >= 11 is 9.74. The van der Waals surface area contributed by atoms with Crippen molar-refractivity contribution in [1.29, 1.82) is 0 Å². The van der Waals surface area contributed by atoms with Gasteiger partial charge in [0.2, 0.25) is 17.8 Å². The van der Waals surface area contributed by atoms with Gasteiger partial charge in [-0.05, 0) is 65.2 Å². The molecule has 3 rings (SSSR count). The molecule has 0 saturated carbocycles. The Morgan fingerprint density at radius 2 is 1.54 bits per heavy atom. The smallest absolute Gasteiger partial charge is 0.243 e. The minimum Gasteiger partial charge on any atom is -0.338 e. The van der Waals surface area contributed by atoms with Crippen LogP contribution in [0.1, 0.15) is 38.5 Å². The zero-order valence-corrected chi connectivity index (χ0v) is 21.2. The molecule has 2 amide bonds. The van der Waals surface area contributed by atoms with Crippen molar-refractivity contribution in [3.05, 3.63) is 64.2 Å². The average Bonchev–Trinajstić information content (AvgIpc) is 2.85. The van der Waals surface area contributed by atoms with E-state index in [1.54, 1.807) is 17.6 Å². The summed E-state index contributed by atoms with van der Waals surface area (Å²) < 4.78 is 0.883. The summed E-state index contributed by atoms with van der Waals surface area (Å²) in [5, 5.41) is 18.0. The van der Waals surface area contributed by atoms with Crippen LogP contribution in [0.25, 0.3) is 0 Å². The highest BCUT2D eigenvalue weighted by atomic mass is 79.9. The molecule has 1 heterocycles. The molecule has 0 fully saturated rings. The van der Waals surface area contributed by atoms with Crippen LogP contribution in [0, 0.1) is 0 Å². The summed E-state index contributed by atoms with van der Waals surface area (Å²) in [6, 6.07) is 14.9. The van der Waals surface area contributed by atoms with Crippen molar-refractivity contribution < 1.29 is 14.8 Å². The number of hydrogen-bond acceptors (Lipinski definition) is 7. The molecule has 3 aromatic rings. The number of aromatic nitrogens is 2. The molecule has 0 spiro atoms. The first-order chi connectivity index (χ1) is 16.9. The Hall–Kier alpha value is -3.21. The Morgan fingerprint density at radius 1 is 0.886 bits per heavy atom. The molecule has 0 aliphatic rings. The number of carbonyl (C=O) groups excluding carboxylic acids is 2. The number of rotatable bonds is 12. The third-order valence-electron chi connectivity index (χ3n) is 4.98. The Balaban J connectivity index is 1.47. The lowest BCUT2D eigenvalue weighted by molar-refractivity contribution is -0.129. The van der Waals surface area contributed by atoms with Gasteiger partial charge in [-0.2, -0.15) is 4.98 Å². The SMILES string of the molecule is O=C(CCCCCCC(=O)Nc1ccc(Nc2ncc(Cl)c(Nc3ccccc3Br)n2)cc1)NO. The van der Waals surface area contributed by atoms with Crippen LogP contribution in [-0.4, -0.2) is 27.0 Å². The van der Waals surface area contributed by atoms with E-state index in [-0.39, 0.29) is 18.2 Å². The summed E-state index contributed by atoms with van der Waals surface area (Å²) in [5.74, 6) is 0.386. The lowest BCUT2D eigenvalue weighted by Gasteiger charge is -2.11. The molecule has 0 saturated heterocycles. The quantitative estimate of drug-likeness (QED) is 0.102. The maximum absolute atomic E-state index is 12.2. The number of para-hydroxylation sites is 1. The lowest BCUT2D eigenvalue weighted by atomic mass is 10.1. The Morgan fingerprint density at radius 3 is 2.23 bits per heavy atom. The van der Waals surface area contributed by atoms with Crippen LogP contribution < -0.4 is 21.4 Å². The van der Waals surface area contributed by atoms with Crippen molar-refractivity contribution >= 4 is 68.2 Å². The summed E-state index contributed by atoms with van der Waals surface area (Å²) in [6.07, 6.45) is 5.29. The maximum atomic E-state index is 12.2. The van der Waals surface area contributed by atoms with E-state index < -0.39 is 0 Å². The lowest BCUT2D eigenvalue weighted by Crippen LogP contribution is -2.17. The van der Waals surface area contributed by atoms with E-state index in [0.29, 0.717) is 35.3 Å². The van der Waals surface area contributed by atoms with E-state index in [0.717, 1.165) is 35.1 Å². The van der Waals surface area contributed by atoms with E-state index in [1.165, 1.54) is 6.20 Å². The highest BCUT2D eigenvalue weighted by molar-refractivity contribution is 9.10. The van der Waals surface area contributed by atoms with Gasteiger partial charge in [0.15, 0.2) is 5.82 Å². The average molecular weight is 562 g/mol. The molecule has 0 bridgehead atoms. The van der Waals surface area contributed by atoms with Crippen molar-refractivity contribution in [3.63, 3.8) is 0 Å². The molecule has 0 atom stereocenters. The standard InChI is InChI=1S/C24H26BrClN6O3/c25-18-7-5-6-8-20(18)30-23-19(26)15-27-24(31-23)29-17-13-11-16(12-14-17)28-21(33)9-3-1-2-4-10-22(34)32-35/h5-8,11-15,35H,1-4,9-10H2,(H,28,33)(H,32,34)(H2,27,29,30,31). The van der Waals surface area contributed by atoms with Crippen LogP contribution in [0.15, 0.2) is 59.2 Å². The van der Waals surface area contributed by atoms with Crippen molar-refractivity contribution in [1.82, 2.24) is 15.4 Å². The molecule has 0 aliphatic carbocycles. The van der Waals surface area contributed by atoms with Gasteiger partial charge in [-0.15, -0.1) is 0 Å². The third-order valence-corrected chi connectivity index (χ3v) is 5.95. The first-order valence-corrected chi connectivity index (χ1v) is 12.3. The minimum absolute atomic E-state index is 0.0670. The molecule has 9 nitrogen and oxygen atoms in total. The van der Waals surface area contributed by atoms with E-state index in [2.05, 4.69) is 41.8 Å². The van der Waals surface area contributed by atoms with E-state index >= 15 is 0 Å². The molecule has 35 heavy (non-hydrogen) atoms. The monoisotopic (exact) mass is 560 g/mol. The topological polar surface area (TPSA) is 128 Å². The first kappa shape index (κ1) is 26.4. The Labute approximate surface area is 216 Å². The maximum Gasteiger partial charge on any atom is 0.243 e.